The van der Waals surface area contributed by atoms with Gasteiger partial charge in [0.2, 0.25) is 0 Å². The molecule has 4 aromatic rings. The Bertz CT molecular complexity index is 1180. The molecule has 0 spiro atoms. The van der Waals surface area contributed by atoms with Crippen molar-refractivity contribution in [2.75, 3.05) is 5.43 Å². The largest absolute Gasteiger partial charge is 0.324 e. The zero-order valence-corrected chi connectivity index (χ0v) is 17.4. The summed E-state index contributed by atoms with van der Waals surface area (Å²) in [6.45, 7) is 3.06. The molecule has 0 amide bonds. The number of para-hydroxylation sites is 1. The summed E-state index contributed by atoms with van der Waals surface area (Å²) in [6, 6.07) is 12.6. The van der Waals surface area contributed by atoms with Crippen molar-refractivity contribution in [3.8, 4) is 0 Å². The number of nitrogens with zero attached hydrogens (tertiary/aromatic N) is 5. The molecule has 2 aromatic heterocycles. The van der Waals surface area contributed by atoms with Crippen LogP contribution >= 0.6 is 11.6 Å². The maximum absolute atomic E-state index is 13.9. The Balaban J connectivity index is 1.64. The molecule has 4 rings (SSSR count). The number of hydrogen-bond acceptors (Lipinski definition) is 5. The first-order chi connectivity index (χ1) is 14.7. The fourth-order valence-corrected chi connectivity index (χ4v) is 3.67. The number of aryl methyl sites for hydroxylation is 1. The van der Waals surface area contributed by atoms with Gasteiger partial charge in [-0.15, -0.1) is 10.2 Å². The molecule has 0 bridgehead atoms. The van der Waals surface area contributed by atoms with Crippen LogP contribution in [0.2, 0.25) is 5.02 Å². The normalized spacial score (nSPS) is 11.7. The molecule has 0 aliphatic heterocycles. The maximum Gasteiger partial charge on any atom is 0.265 e. The minimum Gasteiger partial charge on any atom is -0.324 e. The van der Waals surface area contributed by atoms with Gasteiger partial charge in [0.15, 0.2) is 5.65 Å². The number of unbranched alkanes of at least 4 members (excludes halogenated alkanes) is 3. The summed E-state index contributed by atoms with van der Waals surface area (Å²) in [5.74, 6) is -0.210. The molecule has 30 heavy (non-hydrogen) atoms. The average molecular weight is 425 g/mol. The molecule has 2 aromatic carbocycles. The van der Waals surface area contributed by atoms with Crippen LogP contribution in [0.25, 0.3) is 22.1 Å². The zero-order valence-electron chi connectivity index (χ0n) is 16.6. The Morgan fingerprint density at radius 3 is 2.80 bits per heavy atom. The molecule has 0 saturated carbocycles. The summed E-state index contributed by atoms with van der Waals surface area (Å²) in [5.41, 5.74) is 5.53. The number of halogens is 2. The smallest absolute Gasteiger partial charge is 0.265 e. The summed E-state index contributed by atoms with van der Waals surface area (Å²) in [6.07, 6.45) is 5.95. The lowest BCUT2D eigenvalue weighted by Crippen LogP contribution is -2.04. The Morgan fingerprint density at radius 1 is 1.10 bits per heavy atom. The predicted octanol–water partition coefficient (Wildman–Crippen LogP) is 5.80. The van der Waals surface area contributed by atoms with E-state index in [1.165, 1.54) is 31.5 Å². The Hall–Kier alpha value is -3.06. The second-order valence-corrected chi connectivity index (χ2v) is 7.45. The average Bonchev–Trinajstić information content (AvgIpc) is 3.06. The van der Waals surface area contributed by atoms with Crippen molar-refractivity contribution in [1.29, 1.82) is 0 Å². The summed E-state index contributed by atoms with van der Waals surface area (Å²) in [5, 5.41) is 13.8. The van der Waals surface area contributed by atoms with E-state index in [1.54, 1.807) is 12.1 Å². The van der Waals surface area contributed by atoms with Crippen molar-refractivity contribution in [3.05, 3.63) is 58.9 Å². The third kappa shape index (κ3) is 4.11. The second kappa shape index (κ2) is 9.17. The highest BCUT2D eigenvalue weighted by atomic mass is 35.5. The van der Waals surface area contributed by atoms with Crippen LogP contribution in [-0.4, -0.2) is 26.0 Å². The molecule has 0 aliphatic carbocycles. The summed E-state index contributed by atoms with van der Waals surface area (Å²) in [4.78, 5) is 4.63. The number of aromatic nitrogens is 4. The lowest BCUT2D eigenvalue weighted by atomic mass is 10.2. The van der Waals surface area contributed by atoms with Crippen LogP contribution in [0.15, 0.2) is 47.6 Å². The molecule has 0 fully saturated rings. The van der Waals surface area contributed by atoms with E-state index >= 15 is 0 Å². The number of anilines is 1. The summed E-state index contributed by atoms with van der Waals surface area (Å²) >= 11 is 6.02. The molecule has 154 valence electrons. The monoisotopic (exact) mass is 424 g/mol. The molecule has 0 aliphatic rings. The maximum atomic E-state index is 13.9. The van der Waals surface area contributed by atoms with Crippen LogP contribution in [0.1, 0.15) is 38.2 Å². The Kier molecular flexibility index (Phi) is 6.18. The van der Waals surface area contributed by atoms with Crippen LogP contribution in [-0.2, 0) is 6.54 Å². The fraction of sp³-hybridized carbons (Fsp3) is 0.273. The van der Waals surface area contributed by atoms with Crippen LogP contribution in [0.3, 0.4) is 0 Å². The van der Waals surface area contributed by atoms with E-state index in [0.717, 1.165) is 35.0 Å². The third-order valence-electron chi connectivity index (χ3n) is 4.97. The van der Waals surface area contributed by atoms with E-state index in [1.807, 2.05) is 18.2 Å². The predicted molar refractivity (Wildman–Crippen MR) is 120 cm³/mol. The molecule has 0 radical (unpaired) electrons. The minimum atomic E-state index is -0.449. The van der Waals surface area contributed by atoms with E-state index in [4.69, 9.17) is 11.6 Å². The van der Waals surface area contributed by atoms with E-state index in [-0.39, 0.29) is 16.5 Å². The highest BCUT2D eigenvalue weighted by Crippen LogP contribution is 2.27. The van der Waals surface area contributed by atoms with Crippen molar-refractivity contribution in [2.24, 2.45) is 5.10 Å². The first-order valence-electron chi connectivity index (χ1n) is 10.0. The van der Waals surface area contributed by atoms with E-state index in [2.05, 4.69) is 43.3 Å². The SMILES string of the molecule is CCCCCCn1c2ccccc2c2nnc(N/N=C/c3c(F)cccc3Cl)nc21. The standard InChI is InChI=1S/C22H22ClFN6/c1-2-3-4-7-13-30-19-12-6-5-9-15(19)20-21(30)26-22(29-27-20)28-25-14-16-17(23)10-8-11-18(16)24/h5-6,8-12,14H,2-4,7,13H2,1H3,(H,26,28,29)/b25-14+. The molecular weight excluding hydrogens is 403 g/mol. The Morgan fingerprint density at radius 2 is 1.97 bits per heavy atom. The molecule has 0 atom stereocenters. The summed E-state index contributed by atoms with van der Waals surface area (Å²) < 4.78 is 16.1. The van der Waals surface area contributed by atoms with Gasteiger partial charge in [-0.25, -0.2) is 9.82 Å². The molecule has 0 unspecified atom stereocenters. The van der Waals surface area contributed by atoms with Crippen LogP contribution in [0.4, 0.5) is 10.3 Å². The fourth-order valence-electron chi connectivity index (χ4n) is 3.46. The van der Waals surface area contributed by atoms with E-state index in [0.29, 0.717) is 0 Å². The van der Waals surface area contributed by atoms with Crippen LogP contribution in [0.5, 0.6) is 0 Å². The van der Waals surface area contributed by atoms with E-state index < -0.39 is 5.82 Å². The molecule has 2 heterocycles. The highest BCUT2D eigenvalue weighted by molar-refractivity contribution is 6.33. The third-order valence-corrected chi connectivity index (χ3v) is 5.30. The molecular formula is C22H22ClFN6. The van der Waals surface area contributed by atoms with Gasteiger partial charge in [0, 0.05) is 17.5 Å². The number of hydrogen-bond donors (Lipinski definition) is 1. The van der Waals surface area contributed by atoms with Gasteiger partial charge < -0.3 is 4.57 Å². The van der Waals surface area contributed by atoms with Gasteiger partial charge in [0.25, 0.3) is 5.95 Å². The van der Waals surface area contributed by atoms with Crippen molar-refractivity contribution >= 4 is 45.8 Å². The van der Waals surface area contributed by atoms with Crippen LogP contribution < -0.4 is 5.43 Å². The first-order valence-corrected chi connectivity index (χ1v) is 10.4. The van der Waals surface area contributed by atoms with Gasteiger partial charge in [-0.05, 0) is 24.6 Å². The van der Waals surface area contributed by atoms with Gasteiger partial charge >= 0.3 is 0 Å². The lowest BCUT2D eigenvalue weighted by Gasteiger charge is -2.06. The van der Waals surface area contributed by atoms with Crippen molar-refractivity contribution < 1.29 is 4.39 Å². The molecule has 0 saturated heterocycles. The number of benzene rings is 2. The number of hydrazone groups is 1. The van der Waals surface area contributed by atoms with Gasteiger partial charge in [0.1, 0.15) is 11.3 Å². The lowest BCUT2D eigenvalue weighted by molar-refractivity contribution is 0.600. The molecule has 1 N–H and O–H groups in total. The van der Waals surface area contributed by atoms with Gasteiger partial charge in [-0.2, -0.15) is 10.1 Å². The Labute approximate surface area is 178 Å². The van der Waals surface area contributed by atoms with Crippen molar-refractivity contribution in [1.82, 2.24) is 19.7 Å². The molecule has 8 heteroatoms. The molecule has 6 nitrogen and oxygen atoms in total. The highest BCUT2D eigenvalue weighted by Gasteiger charge is 2.14. The van der Waals surface area contributed by atoms with Crippen LogP contribution in [0, 0.1) is 5.82 Å². The number of nitrogens with one attached hydrogen (secondary N) is 1. The zero-order chi connectivity index (χ0) is 20.9. The minimum absolute atomic E-state index is 0.200. The van der Waals surface area contributed by atoms with Gasteiger partial charge in [-0.3, -0.25) is 0 Å². The number of rotatable bonds is 8. The van der Waals surface area contributed by atoms with Gasteiger partial charge in [-0.1, -0.05) is 62.1 Å². The van der Waals surface area contributed by atoms with Gasteiger partial charge in [0.05, 0.1) is 16.8 Å². The van der Waals surface area contributed by atoms with Crippen molar-refractivity contribution in [3.63, 3.8) is 0 Å². The first kappa shape index (κ1) is 20.2. The van der Waals surface area contributed by atoms with Crippen molar-refractivity contribution in [2.45, 2.75) is 39.2 Å². The summed E-state index contributed by atoms with van der Waals surface area (Å²) in [7, 11) is 0. The van der Waals surface area contributed by atoms with E-state index in [9.17, 15) is 4.39 Å². The number of fused-ring (bicyclic) bond motifs is 3. The quantitative estimate of drug-likeness (QED) is 0.220. The topological polar surface area (TPSA) is 68.0 Å². The second-order valence-electron chi connectivity index (χ2n) is 7.04.